The fourth-order valence-electron chi connectivity index (χ4n) is 2.46. The third-order valence-electron chi connectivity index (χ3n) is 3.51. The van der Waals surface area contributed by atoms with Crippen molar-refractivity contribution in [3.8, 4) is 0 Å². The van der Waals surface area contributed by atoms with Gasteiger partial charge in [-0.15, -0.1) is 0 Å². The quantitative estimate of drug-likeness (QED) is 0.465. The molecule has 3 amide bonds. The van der Waals surface area contributed by atoms with Crippen molar-refractivity contribution >= 4 is 24.2 Å². The molecule has 0 aliphatic carbocycles. The van der Waals surface area contributed by atoms with E-state index in [1.165, 1.54) is 0 Å². The third-order valence-corrected chi connectivity index (χ3v) is 3.51. The van der Waals surface area contributed by atoms with Crippen molar-refractivity contribution in [2.24, 2.45) is 11.8 Å². The van der Waals surface area contributed by atoms with Gasteiger partial charge in [-0.2, -0.15) is 0 Å². The lowest BCUT2D eigenvalue weighted by atomic mass is 9.98. The van der Waals surface area contributed by atoms with Crippen LogP contribution in [0, 0.1) is 11.8 Å². The molecule has 22 heavy (non-hydrogen) atoms. The number of amides is 3. The van der Waals surface area contributed by atoms with Gasteiger partial charge < -0.3 is 25.9 Å². The average molecular weight is 313 g/mol. The Balaban J connectivity index is 2.61. The zero-order chi connectivity index (χ0) is 16.7. The van der Waals surface area contributed by atoms with Crippen molar-refractivity contribution in [1.82, 2.24) is 16.0 Å². The van der Waals surface area contributed by atoms with Crippen LogP contribution in [0.4, 0.5) is 4.79 Å². The van der Waals surface area contributed by atoms with Crippen LogP contribution in [0.15, 0.2) is 0 Å². The smallest absolute Gasteiger partial charge is 0.405 e. The molecule has 8 nitrogen and oxygen atoms in total. The molecule has 124 valence electrons. The van der Waals surface area contributed by atoms with Gasteiger partial charge in [0.05, 0.1) is 6.04 Å². The summed E-state index contributed by atoms with van der Waals surface area (Å²) in [6.45, 7) is 4.30. The Kier molecular flexibility index (Phi) is 6.81. The van der Waals surface area contributed by atoms with E-state index in [-0.39, 0.29) is 24.2 Å². The van der Waals surface area contributed by atoms with E-state index in [4.69, 9.17) is 5.11 Å². The predicted molar refractivity (Wildman–Crippen MR) is 78.1 cm³/mol. The minimum atomic E-state index is -1.29. The summed E-state index contributed by atoms with van der Waals surface area (Å²) in [4.78, 5) is 45.5. The van der Waals surface area contributed by atoms with E-state index >= 15 is 0 Å². The summed E-state index contributed by atoms with van der Waals surface area (Å²) in [5, 5.41) is 16.1. The maximum Gasteiger partial charge on any atom is 0.405 e. The SMILES string of the molecule is CC(C)C[C@H](NC(=O)O)C(=O)N[C@H](C=O)C[C@@H]1CCNC1=O. The molecule has 1 aliphatic heterocycles. The Morgan fingerprint density at radius 2 is 2.09 bits per heavy atom. The van der Waals surface area contributed by atoms with Gasteiger partial charge in [0.25, 0.3) is 0 Å². The molecule has 3 atom stereocenters. The first-order valence-corrected chi connectivity index (χ1v) is 7.36. The first-order chi connectivity index (χ1) is 10.3. The summed E-state index contributed by atoms with van der Waals surface area (Å²) < 4.78 is 0. The molecule has 0 bridgehead atoms. The Morgan fingerprint density at radius 3 is 2.55 bits per heavy atom. The molecule has 1 heterocycles. The van der Waals surface area contributed by atoms with Crippen LogP contribution in [0.25, 0.3) is 0 Å². The lowest BCUT2D eigenvalue weighted by Gasteiger charge is -2.22. The molecule has 1 fully saturated rings. The topological polar surface area (TPSA) is 125 Å². The standard InChI is InChI=1S/C14H23N3O5/c1-8(2)5-11(17-14(21)22)13(20)16-10(7-18)6-9-3-4-15-12(9)19/h7-11,17H,3-6H2,1-2H3,(H,15,19)(H,16,20)(H,21,22)/t9-,10-,11-/m0/s1. The van der Waals surface area contributed by atoms with Gasteiger partial charge in [0.2, 0.25) is 11.8 Å². The van der Waals surface area contributed by atoms with Crippen LogP contribution in [-0.2, 0) is 14.4 Å². The molecule has 0 aromatic heterocycles. The molecule has 0 radical (unpaired) electrons. The second-order valence-corrected chi connectivity index (χ2v) is 5.90. The second kappa shape index (κ2) is 8.35. The minimum absolute atomic E-state index is 0.109. The van der Waals surface area contributed by atoms with E-state index in [1.807, 2.05) is 13.8 Å². The monoisotopic (exact) mass is 313 g/mol. The summed E-state index contributed by atoms with van der Waals surface area (Å²) in [5.74, 6) is -0.862. The first-order valence-electron chi connectivity index (χ1n) is 7.36. The molecule has 1 rings (SSSR count). The van der Waals surface area contributed by atoms with Gasteiger partial charge in [-0.3, -0.25) is 9.59 Å². The third kappa shape index (κ3) is 5.71. The van der Waals surface area contributed by atoms with Gasteiger partial charge in [-0.1, -0.05) is 13.8 Å². The zero-order valence-corrected chi connectivity index (χ0v) is 12.8. The number of rotatable bonds is 8. The predicted octanol–water partition coefficient (Wildman–Crippen LogP) is -0.121. The van der Waals surface area contributed by atoms with Gasteiger partial charge in [0, 0.05) is 12.5 Å². The van der Waals surface area contributed by atoms with Crippen molar-refractivity contribution in [1.29, 1.82) is 0 Å². The molecule has 4 N–H and O–H groups in total. The Morgan fingerprint density at radius 1 is 1.41 bits per heavy atom. The highest BCUT2D eigenvalue weighted by molar-refractivity contribution is 5.87. The van der Waals surface area contributed by atoms with Crippen molar-refractivity contribution in [3.63, 3.8) is 0 Å². The van der Waals surface area contributed by atoms with Gasteiger partial charge in [-0.05, 0) is 25.2 Å². The second-order valence-electron chi connectivity index (χ2n) is 5.90. The van der Waals surface area contributed by atoms with Crippen LogP contribution in [-0.4, -0.2) is 47.9 Å². The zero-order valence-electron chi connectivity index (χ0n) is 12.8. The largest absolute Gasteiger partial charge is 0.465 e. The number of carbonyl (C=O) groups is 4. The van der Waals surface area contributed by atoms with Gasteiger partial charge >= 0.3 is 6.09 Å². The Hall–Kier alpha value is -2.12. The van der Waals surface area contributed by atoms with Crippen LogP contribution in [0.5, 0.6) is 0 Å². The molecule has 0 saturated carbocycles. The Bertz CT molecular complexity index is 438. The minimum Gasteiger partial charge on any atom is -0.465 e. The molecular weight excluding hydrogens is 290 g/mol. The van der Waals surface area contributed by atoms with Gasteiger partial charge in [0.15, 0.2) is 0 Å². The molecule has 0 spiro atoms. The van der Waals surface area contributed by atoms with Crippen LogP contribution < -0.4 is 16.0 Å². The number of hydrogen-bond donors (Lipinski definition) is 4. The molecule has 0 unspecified atom stereocenters. The molecule has 0 aromatic carbocycles. The Labute approximate surface area is 129 Å². The van der Waals surface area contributed by atoms with E-state index in [2.05, 4.69) is 16.0 Å². The summed E-state index contributed by atoms with van der Waals surface area (Å²) in [5.41, 5.74) is 0. The number of carboxylic acid groups (broad SMARTS) is 1. The van der Waals surface area contributed by atoms with Crippen molar-refractivity contribution in [3.05, 3.63) is 0 Å². The molecule has 0 aromatic rings. The lowest BCUT2D eigenvalue weighted by molar-refractivity contribution is -0.127. The highest BCUT2D eigenvalue weighted by Gasteiger charge is 2.29. The van der Waals surface area contributed by atoms with Gasteiger partial charge in [0.1, 0.15) is 12.3 Å². The number of hydrogen-bond acceptors (Lipinski definition) is 4. The molecular formula is C14H23N3O5. The molecule has 8 heteroatoms. The average Bonchev–Trinajstić information content (AvgIpc) is 2.81. The van der Waals surface area contributed by atoms with E-state index in [0.29, 0.717) is 25.7 Å². The summed E-state index contributed by atoms with van der Waals surface area (Å²) >= 11 is 0. The maximum absolute atomic E-state index is 12.1. The van der Waals surface area contributed by atoms with Crippen molar-refractivity contribution in [2.75, 3.05) is 6.54 Å². The summed E-state index contributed by atoms with van der Waals surface area (Å²) in [6, 6.07) is -1.72. The van der Waals surface area contributed by atoms with Crippen LogP contribution in [0.3, 0.4) is 0 Å². The lowest BCUT2D eigenvalue weighted by Crippen LogP contribution is -2.50. The van der Waals surface area contributed by atoms with E-state index in [9.17, 15) is 19.2 Å². The van der Waals surface area contributed by atoms with Crippen LogP contribution in [0.2, 0.25) is 0 Å². The van der Waals surface area contributed by atoms with Crippen molar-refractivity contribution in [2.45, 2.75) is 45.2 Å². The summed E-state index contributed by atoms with van der Waals surface area (Å²) in [6.07, 6.45) is 0.466. The highest BCUT2D eigenvalue weighted by Crippen LogP contribution is 2.15. The van der Waals surface area contributed by atoms with Crippen LogP contribution >= 0.6 is 0 Å². The highest BCUT2D eigenvalue weighted by atomic mass is 16.4. The molecule has 1 saturated heterocycles. The fourth-order valence-corrected chi connectivity index (χ4v) is 2.46. The van der Waals surface area contributed by atoms with E-state index < -0.39 is 24.1 Å². The van der Waals surface area contributed by atoms with Crippen molar-refractivity contribution < 1.29 is 24.3 Å². The van der Waals surface area contributed by atoms with Gasteiger partial charge in [-0.25, -0.2) is 4.79 Å². The number of nitrogens with one attached hydrogen (secondary N) is 3. The number of aldehydes is 1. The maximum atomic E-state index is 12.1. The van der Waals surface area contributed by atoms with Crippen LogP contribution in [0.1, 0.15) is 33.1 Å². The molecule has 1 aliphatic rings. The first kappa shape index (κ1) is 17.9. The summed E-state index contributed by atoms with van der Waals surface area (Å²) in [7, 11) is 0. The normalized spacial score (nSPS) is 20.1. The number of carbonyl (C=O) groups excluding carboxylic acids is 3. The fraction of sp³-hybridized carbons (Fsp3) is 0.714. The van der Waals surface area contributed by atoms with E-state index in [0.717, 1.165) is 0 Å². The van der Waals surface area contributed by atoms with E-state index in [1.54, 1.807) is 0 Å².